The van der Waals surface area contributed by atoms with Gasteiger partial charge in [-0.2, -0.15) is 4.31 Å². The van der Waals surface area contributed by atoms with Crippen LogP contribution in [0.3, 0.4) is 0 Å². The Labute approximate surface area is 157 Å². The van der Waals surface area contributed by atoms with Crippen molar-refractivity contribution in [2.75, 3.05) is 19.6 Å². The smallest absolute Gasteiger partial charge is 0.273 e. The molecule has 1 N–H and O–H groups in total. The van der Waals surface area contributed by atoms with Gasteiger partial charge in [0.25, 0.3) is 5.69 Å². The molecule has 1 atom stereocenters. The molecule has 9 nitrogen and oxygen atoms in total. The molecule has 0 bridgehead atoms. The Kier molecular flexibility index (Phi) is 6.02. The average molecular weight is 402 g/mol. The lowest BCUT2D eigenvalue weighted by molar-refractivity contribution is -0.385. The Morgan fingerprint density at radius 2 is 2.12 bits per heavy atom. The van der Waals surface area contributed by atoms with E-state index >= 15 is 0 Å². The Balaban J connectivity index is 0.00000243. The highest BCUT2D eigenvalue weighted by Gasteiger charge is 2.37. The number of hydrogen-bond donors (Lipinski definition) is 1. The van der Waals surface area contributed by atoms with E-state index in [1.54, 1.807) is 30.9 Å². The minimum absolute atomic E-state index is 0. The molecule has 0 spiro atoms. The van der Waals surface area contributed by atoms with E-state index in [4.69, 9.17) is 0 Å². The first kappa shape index (κ1) is 20.3. The molecule has 0 saturated carbocycles. The van der Waals surface area contributed by atoms with E-state index in [9.17, 15) is 18.5 Å². The van der Waals surface area contributed by atoms with Gasteiger partial charge in [-0.15, -0.1) is 12.4 Å². The van der Waals surface area contributed by atoms with Crippen molar-refractivity contribution in [1.82, 2.24) is 19.2 Å². The number of nitro benzene ring substituents is 1. The standard InChI is InChI=1S/C15H19N5O4S.ClH/c1-11-3-4-12(9-13(11)20(21)22)25(23,24)19-8-5-16-10-14(19)15-17-6-7-18(15)2;/h3-4,6-7,9,14,16H,5,8,10H2,1-2H3;1H. The lowest BCUT2D eigenvalue weighted by Crippen LogP contribution is -2.49. The summed E-state index contributed by atoms with van der Waals surface area (Å²) in [6, 6.07) is 3.53. The summed E-state index contributed by atoms with van der Waals surface area (Å²) < 4.78 is 29.4. The van der Waals surface area contributed by atoms with Gasteiger partial charge in [-0.25, -0.2) is 13.4 Å². The van der Waals surface area contributed by atoms with Gasteiger partial charge in [0.2, 0.25) is 10.0 Å². The van der Waals surface area contributed by atoms with Crippen molar-refractivity contribution in [3.63, 3.8) is 0 Å². The fourth-order valence-electron chi connectivity index (χ4n) is 2.97. The van der Waals surface area contributed by atoms with E-state index in [1.807, 2.05) is 0 Å². The molecular formula is C15H20ClN5O4S. The SMILES string of the molecule is Cc1ccc(S(=O)(=O)N2CCNCC2c2nccn2C)cc1[N+](=O)[O-].Cl. The van der Waals surface area contributed by atoms with Gasteiger partial charge in [0.15, 0.2) is 0 Å². The summed E-state index contributed by atoms with van der Waals surface area (Å²) in [7, 11) is -2.09. The summed E-state index contributed by atoms with van der Waals surface area (Å²) in [4.78, 5) is 14.8. The normalized spacial score (nSPS) is 18.3. The van der Waals surface area contributed by atoms with E-state index in [2.05, 4.69) is 10.3 Å². The van der Waals surface area contributed by atoms with Gasteiger partial charge in [0, 0.05) is 50.7 Å². The predicted octanol–water partition coefficient (Wildman–Crippen LogP) is 1.39. The lowest BCUT2D eigenvalue weighted by atomic mass is 10.2. The highest BCUT2D eigenvalue weighted by molar-refractivity contribution is 7.89. The van der Waals surface area contributed by atoms with Crippen molar-refractivity contribution in [3.05, 3.63) is 52.1 Å². The summed E-state index contributed by atoms with van der Waals surface area (Å²) in [6.07, 6.45) is 3.37. The number of nitrogens with one attached hydrogen (secondary N) is 1. The van der Waals surface area contributed by atoms with Gasteiger partial charge in [-0.3, -0.25) is 10.1 Å². The first-order valence-electron chi connectivity index (χ1n) is 7.77. The van der Waals surface area contributed by atoms with Gasteiger partial charge >= 0.3 is 0 Å². The quantitative estimate of drug-likeness (QED) is 0.612. The minimum atomic E-state index is -3.89. The molecule has 1 aromatic heterocycles. The number of piperazine rings is 1. The second-order valence-electron chi connectivity index (χ2n) is 5.94. The zero-order valence-electron chi connectivity index (χ0n) is 14.3. The number of halogens is 1. The third kappa shape index (κ3) is 3.58. The molecule has 0 radical (unpaired) electrons. The van der Waals surface area contributed by atoms with Crippen molar-refractivity contribution >= 4 is 28.1 Å². The van der Waals surface area contributed by atoms with Crippen LogP contribution >= 0.6 is 12.4 Å². The Morgan fingerprint density at radius 3 is 2.73 bits per heavy atom. The summed E-state index contributed by atoms with van der Waals surface area (Å²) in [5.74, 6) is 0.623. The summed E-state index contributed by atoms with van der Waals surface area (Å²) in [5, 5.41) is 14.3. The molecule has 1 saturated heterocycles. The summed E-state index contributed by atoms with van der Waals surface area (Å²) in [6.45, 7) is 2.78. The van der Waals surface area contributed by atoms with Crippen molar-refractivity contribution in [3.8, 4) is 0 Å². The number of hydrogen-bond acceptors (Lipinski definition) is 6. The van der Waals surface area contributed by atoms with E-state index in [1.165, 1.54) is 16.4 Å². The van der Waals surface area contributed by atoms with Crippen LogP contribution < -0.4 is 5.32 Å². The fraction of sp³-hybridized carbons (Fsp3) is 0.400. The van der Waals surface area contributed by atoms with Crippen LogP contribution in [0.2, 0.25) is 0 Å². The van der Waals surface area contributed by atoms with Crippen LogP contribution in [0.15, 0.2) is 35.5 Å². The second kappa shape index (κ2) is 7.70. The number of imidazole rings is 1. The Morgan fingerprint density at radius 1 is 1.38 bits per heavy atom. The predicted molar refractivity (Wildman–Crippen MR) is 97.8 cm³/mol. The highest BCUT2D eigenvalue weighted by Crippen LogP contribution is 2.30. The third-order valence-electron chi connectivity index (χ3n) is 4.33. The van der Waals surface area contributed by atoms with Gasteiger partial charge in [0.05, 0.1) is 15.9 Å². The minimum Gasteiger partial charge on any atom is -0.337 e. The topological polar surface area (TPSA) is 110 Å². The zero-order chi connectivity index (χ0) is 18.2. The number of aryl methyl sites for hydroxylation is 2. The van der Waals surface area contributed by atoms with Crippen molar-refractivity contribution in [1.29, 1.82) is 0 Å². The van der Waals surface area contributed by atoms with Crippen LogP contribution in [0.1, 0.15) is 17.4 Å². The van der Waals surface area contributed by atoms with E-state index in [0.29, 0.717) is 24.5 Å². The van der Waals surface area contributed by atoms with Crippen LogP contribution in [0, 0.1) is 17.0 Å². The molecule has 1 unspecified atom stereocenters. The molecule has 26 heavy (non-hydrogen) atoms. The molecule has 1 aliphatic heterocycles. The third-order valence-corrected chi connectivity index (χ3v) is 6.24. The number of benzene rings is 1. The van der Waals surface area contributed by atoms with E-state index in [-0.39, 0.29) is 29.5 Å². The van der Waals surface area contributed by atoms with Crippen molar-refractivity contribution in [2.45, 2.75) is 17.9 Å². The Bertz CT molecular complexity index is 915. The number of sulfonamides is 1. The van der Waals surface area contributed by atoms with Crippen LogP contribution in [-0.4, -0.2) is 46.8 Å². The summed E-state index contributed by atoms with van der Waals surface area (Å²) >= 11 is 0. The molecule has 1 aliphatic rings. The molecule has 2 aromatic rings. The number of nitro groups is 1. The molecular weight excluding hydrogens is 382 g/mol. The molecule has 2 heterocycles. The molecule has 11 heteroatoms. The molecule has 0 amide bonds. The Hall–Kier alpha value is -2.01. The lowest BCUT2D eigenvalue weighted by Gasteiger charge is -2.34. The number of nitrogens with zero attached hydrogens (tertiary/aromatic N) is 4. The molecule has 3 rings (SSSR count). The van der Waals surface area contributed by atoms with Crippen LogP contribution in [0.5, 0.6) is 0 Å². The van der Waals surface area contributed by atoms with Gasteiger partial charge in [0.1, 0.15) is 5.82 Å². The van der Waals surface area contributed by atoms with Crippen LogP contribution in [0.25, 0.3) is 0 Å². The first-order chi connectivity index (χ1) is 11.8. The summed E-state index contributed by atoms with van der Waals surface area (Å²) in [5.41, 5.74) is 0.217. The average Bonchev–Trinajstić information content (AvgIpc) is 3.00. The maximum Gasteiger partial charge on any atom is 0.273 e. The first-order valence-corrected chi connectivity index (χ1v) is 9.21. The number of rotatable bonds is 4. The van der Waals surface area contributed by atoms with Crippen LogP contribution in [0.4, 0.5) is 5.69 Å². The molecule has 0 aliphatic carbocycles. The van der Waals surface area contributed by atoms with Gasteiger partial charge in [-0.05, 0) is 13.0 Å². The van der Waals surface area contributed by atoms with E-state index < -0.39 is 21.0 Å². The molecule has 142 valence electrons. The van der Waals surface area contributed by atoms with Crippen molar-refractivity contribution in [2.24, 2.45) is 7.05 Å². The monoisotopic (exact) mass is 401 g/mol. The van der Waals surface area contributed by atoms with E-state index in [0.717, 1.165) is 6.07 Å². The zero-order valence-corrected chi connectivity index (χ0v) is 16.0. The second-order valence-corrected chi connectivity index (χ2v) is 7.83. The van der Waals surface area contributed by atoms with Gasteiger partial charge in [-0.1, -0.05) is 6.07 Å². The van der Waals surface area contributed by atoms with Crippen LogP contribution in [-0.2, 0) is 17.1 Å². The molecule has 1 aromatic carbocycles. The highest BCUT2D eigenvalue weighted by atomic mass is 35.5. The molecule has 1 fully saturated rings. The van der Waals surface area contributed by atoms with Crippen molar-refractivity contribution < 1.29 is 13.3 Å². The fourth-order valence-corrected chi connectivity index (χ4v) is 4.58. The largest absolute Gasteiger partial charge is 0.337 e. The van der Waals surface area contributed by atoms with Gasteiger partial charge < -0.3 is 9.88 Å². The maximum atomic E-state index is 13.1. The number of aromatic nitrogens is 2. The maximum absolute atomic E-state index is 13.1.